The van der Waals surface area contributed by atoms with Crippen LogP contribution < -0.4 is 0 Å². The Kier molecular flexibility index (Phi) is 5.89. The van der Waals surface area contributed by atoms with E-state index in [1.807, 2.05) is 18.5 Å². The third-order valence-corrected chi connectivity index (χ3v) is 7.08. The Hall–Kier alpha value is -2.03. The van der Waals surface area contributed by atoms with Crippen molar-refractivity contribution in [2.75, 3.05) is 0 Å². The minimum Gasteiger partial charge on any atom is -0.416 e. The fourth-order valence-electron chi connectivity index (χ4n) is 2.66. The van der Waals surface area contributed by atoms with E-state index in [-0.39, 0.29) is 0 Å². The topological polar surface area (TPSA) is 64.7 Å². The van der Waals surface area contributed by atoms with Gasteiger partial charge in [0.25, 0.3) is 5.22 Å². The molecule has 0 amide bonds. The summed E-state index contributed by atoms with van der Waals surface area (Å²) in [6.45, 7) is 6.40. The molecule has 3 aromatic heterocycles. The molecule has 0 N–H and O–H groups in total. The van der Waals surface area contributed by atoms with E-state index in [0.717, 1.165) is 27.0 Å². The number of nitrogens with zero attached hydrogens (tertiary/aromatic N) is 4. The van der Waals surface area contributed by atoms with Gasteiger partial charge in [0.2, 0.25) is 5.89 Å². The molecule has 0 bridgehead atoms. The Morgan fingerprint density at radius 3 is 2.68 bits per heavy atom. The van der Waals surface area contributed by atoms with E-state index in [1.54, 1.807) is 22.7 Å². The molecule has 3 heterocycles. The lowest BCUT2D eigenvalue weighted by Gasteiger charge is -2.05. The van der Waals surface area contributed by atoms with Crippen LogP contribution in [0.15, 0.2) is 45.5 Å². The molecule has 0 unspecified atom stereocenters. The highest BCUT2D eigenvalue weighted by Gasteiger charge is 2.11. The monoisotopic (exact) mass is 428 g/mol. The Bertz CT molecular complexity index is 1050. The lowest BCUT2D eigenvalue weighted by Crippen LogP contribution is -1.88. The first kappa shape index (κ1) is 19.3. The summed E-state index contributed by atoms with van der Waals surface area (Å²) in [5.41, 5.74) is 3.47. The normalized spacial score (nSPS) is 11.4. The van der Waals surface area contributed by atoms with Crippen molar-refractivity contribution in [1.82, 2.24) is 20.2 Å². The van der Waals surface area contributed by atoms with Crippen molar-refractivity contribution in [3.05, 3.63) is 62.9 Å². The van der Waals surface area contributed by atoms with Crippen LogP contribution in [0, 0.1) is 6.92 Å². The second-order valence-corrected chi connectivity index (χ2v) is 9.80. The van der Waals surface area contributed by atoms with Crippen LogP contribution in [0.2, 0.25) is 0 Å². The molecule has 4 aromatic rings. The van der Waals surface area contributed by atoms with Gasteiger partial charge >= 0.3 is 0 Å². The van der Waals surface area contributed by atoms with Gasteiger partial charge < -0.3 is 4.42 Å². The lowest BCUT2D eigenvalue weighted by molar-refractivity contribution is 0.419. The maximum Gasteiger partial charge on any atom is 0.276 e. The summed E-state index contributed by atoms with van der Waals surface area (Å²) in [5, 5.41) is 12.9. The number of thioether (sulfide) groups is 1. The van der Waals surface area contributed by atoms with Crippen molar-refractivity contribution in [2.24, 2.45) is 0 Å². The Labute approximate surface area is 176 Å². The number of hydrogen-bond acceptors (Lipinski definition) is 8. The highest BCUT2D eigenvalue weighted by atomic mass is 32.2. The van der Waals surface area contributed by atoms with Crippen molar-refractivity contribution in [2.45, 2.75) is 44.1 Å². The molecule has 0 fully saturated rings. The van der Waals surface area contributed by atoms with E-state index in [0.29, 0.717) is 23.5 Å². The third-order valence-electron chi connectivity index (χ3n) is 4.16. The van der Waals surface area contributed by atoms with E-state index in [4.69, 9.17) is 4.42 Å². The lowest BCUT2D eigenvalue weighted by atomic mass is 10.0. The zero-order valence-electron chi connectivity index (χ0n) is 15.9. The molecule has 8 heteroatoms. The molecule has 0 atom stereocenters. The minimum atomic E-state index is 0.538. The number of rotatable bonds is 7. The van der Waals surface area contributed by atoms with Gasteiger partial charge in [-0.2, -0.15) is 0 Å². The molecule has 5 nitrogen and oxygen atoms in total. The molecule has 1 aromatic carbocycles. The molecule has 144 valence electrons. The number of aryl methyl sites for hydroxylation is 1. The highest BCUT2D eigenvalue weighted by Crippen LogP contribution is 2.30. The second-order valence-electron chi connectivity index (χ2n) is 6.69. The van der Waals surface area contributed by atoms with Gasteiger partial charge in [-0.3, -0.25) is 0 Å². The van der Waals surface area contributed by atoms with E-state index in [9.17, 15) is 0 Å². The van der Waals surface area contributed by atoms with Crippen LogP contribution in [-0.4, -0.2) is 20.2 Å². The van der Waals surface area contributed by atoms with Crippen molar-refractivity contribution >= 4 is 34.4 Å². The summed E-state index contributed by atoms with van der Waals surface area (Å²) in [6.07, 6.45) is 2.51. The molecule has 0 radical (unpaired) electrons. The van der Waals surface area contributed by atoms with Crippen molar-refractivity contribution < 1.29 is 4.42 Å². The van der Waals surface area contributed by atoms with Crippen molar-refractivity contribution in [1.29, 1.82) is 0 Å². The number of benzene rings is 1. The second kappa shape index (κ2) is 8.55. The molecule has 0 aliphatic carbocycles. The van der Waals surface area contributed by atoms with Gasteiger partial charge in [0.1, 0.15) is 5.01 Å². The third kappa shape index (κ3) is 4.68. The molecule has 4 rings (SSSR count). The maximum atomic E-state index is 5.74. The Morgan fingerprint density at radius 2 is 1.96 bits per heavy atom. The molecule has 0 aliphatic heterocycles. The number of thiazole rings is 2. The van der Waals surface area contributed by atoms with Gasteiger partial charge in [0, 0.05) is 27.8 Å². The van der Waals surface area contributed by atoms with Gasteiger partial charge in [-0.25, -0.2) is 9.97 Å². The average molecular weight is 429 g/mol. The van der Waals surface area contributed by atoms with Crippen LogP contribution in [0.3, 0.4) is 0 Å². The highest BCUT2D eigenvalue weighted by molar-refractivity contribution is 7.98. The molecule has 0 spiro atoms. The first-order valence-corrected chi connectivity index (χ1v) is 11.7. The van der Waals surface area contributed by atoms with Gasteiger partial charge in [-0.15, -0.1) is 32.9 Å². The summed E-state index contributed by atoms with van der Waals surface area (Å²) < 4.78 is 5.74. The van der Waals surface area contributed by atoms with Gasteiger partial charge in [-0.1, -0.05) is 49.9 Å². The van der Waals surface area contributed by atoms with Crippen LogP contribution in [0.25, 0.3) is 10.6 Å². The van der Waals surface area contributed by atoms with Crippen LogP contribution in [0.5, 0.6) is 0 Å². The smallest absolute Gasteiger partial charge is 0.276 e. The molecule has 0 aliphatic rings. The summed E-state index contributed by atoms with van der Waals surface area (Å²) in [7, 11) is 0. The van der Waals surface area contributed by atoms with Crippen LogP contribution in [0.4, 0.5) is 0 Å². The Balaban J connectivity index is 1.35. The van der Waals surface area contributed by atoms with E-state index >= 15 is 0 Å². The van der Waals surface area contributed by atoms with Crippen LogP contribution in [-0.2, 0) is 12.2 Å². The number of aromatic nitrogens is 4. The quantitative estimate of drug-likeness (QED) is 0.338. The molecule has 0 saturated carbocycles. The predicted molar refractivity (Wildman–Crippen MR) is 115 cm³/mol. The molecular formula is C20H20N4OS3. The maximum absolute atomic E-state index is 5.74. The zero-order chi connectivity index (χ0) is 19.5. The fraction of sp³-hybridized carbons (Fsp3) is 0.300. The van der Waals surface area contributed by atoms with E-state index in [1.165, 1.54) is 22.2 Å². The van der Waals surface area contributed by atoms with Gasteiger partial charge in [-0.05, 0) is 18.4 Å². The minimum absolute atomic E-state index is 0.538. The number of hydrogen-bond donors (Lipinski definition) is 0. The fourth-order valence-corrected chi connectivity index (χ4v) is 5.00. The zero-order valence-corrected chi connectivity index (χ0v) is 18.3. The molecule has 0 saturated heterocycles. The van der Waals surface area contributed by atoms with E-state index < -0.39 is 0 Å². The average Bonchev–Trinajstić information content (AvgIpc) is 3.42. The predicted octanol–water partition coefficient (Wildman–Crippen LogP) is 5.96. The van der Waals surface area contributed by atoms with Crippen molar-refractivity contribution in [3.63, 3.8) is 0 Å². The molecule has 28 heavy (non-hydrogen) atoms. The standard InChI is InChI=1S/C20H20N4OS3/c1-12(2)14-4-6-15(7-5-14)19-21-9-17(28-19)11-27-20-24-23-18(25-20)8-16-10-26-13(3)22-16/h4-7,9-10,12H,8,11H2,1-3H3. The Morgan fingerprint density at radius 1 is 1.14 bits per heavy atom. The summed E-state index contributed by atoms with van der Waals surface area (Å²) in [5.74, 6) is 1.90. The van der Waals surface area contributed by atoms with E-state index in [2.05, 4.69) is 58.3 Å². The summed E-state index contributed by atoms with van der Waals surface area (Å²) in [4.78, 5) is 10.2. The van der Waals surface area contributed by atoms with Gasteiger partial charge in [0.15, 0.2) is 0 Å². The first-order valence-electron chi connectivity index (χ1n) is 8.98. The first-order chi connectivity index (χ1) is 13.6. The summed E-state index contributed by atoms with van der Waals surface area (Å²) >= 11 is 4.87. The van der Waals surface area contributed by atoms with Crippen LogP contribution in [0.1, 0.15) is 46.8 Å². The largest absolute Gasteiger partial charge is 0.416 e. The molecular weight excluding hydrogens is 408 g/mol. The van der Waals surface area contributed by atoms with Crippen molar-refractivity contribution in [3.8, 4) is 10.6 Å². The van der Waals surface area contributed by atoms with Crippen LogP contribution >= 0.6 is 34.4 Å². The SMILES string of the molecule is Cc1nc(Cc2nnc(SCc3cnc(-c4ccc(C(C)C)cc4)s3)o2)cs1. The summed E-state index contributed by atoms with van der Waals surface area (Å²) in [6, 6.07) is 8.66. The van der Waals surface area contributed by atoms with Gasteiger partial charge in [0.05, 0.1) is 17.1 Å².